The zero-order valence-electron chi connectivity index (χ0n) is 10.1. The SMILES string of the molecule is COc1cccc(OCC2=NC=C(C)S2(=O)=O)c1. The fourth-order valence-corrected chi connectivity index (χ4v) is 2.41. The highest BCUT2D eigenvalue weighted by molar-refractivity contribution is 8.10. The Hall–Kier alpha value is -1.82. The lowest BCUT2D eigenvalue weighted by atomic mass is 10.3. The standard InChI is InChI=1S/C12H13NO4S/c1-9-7-13-12(18(9,14)15)8-17-11-5-3-4-10(6-11)16-2/h3-7H,8H2,1-2H3. The van der Waals surface area contributed by atoms with E-state index in [2.05, 4.69) is 4.99 Å². The molecule has 18 heavy (non-hydrogen) atoms. The van der Waals surface area contributed by atoms with Crippen LogP contribution in [0.15, 0.2) is 40.4 Å². The summed E-state index contributed by atoms with van der Waals surface area (Å²) in [7, 11) is -1.84. The van der Waals surface area contributed by atoms with E-state index in [-0.39, 0.29) is 16.6 Å². The molecule has 0 bridgehead atoms. The van der Waals surface area contributed by atoms with Crippen LogP contribution in [0.25, 0.3) is 0 Å². The van der Waals surface area contributed by atoms with Crippen molar-refractivity contribution in [2.45, 2.75) is 6.92 Å². The van der Waals surface area contributed by atoms with E-state index in [9.17, 15) is 8.42 Å². The van der Waals surface area contributed by atoms with Gasteiger partial charge in [0.25, 0.3) is 0 Å². The number of allylic oxidation sites excluding steroid dienone is 1. The Bertz CT molecular complexity index is 617. The molecule has 1 heterocycles. The first-order chi connectivity index (χ1) is 8.54. The van der Waals surface area contributed by atoms with Crippen LogP contribution in [-0.4, -0.2) is 27.2 Å². The van der Waals surface area contributed by atoms with Crippen molar-refractivity contribution >= 4 is 14.9 Å². The second-order valence-corrected chi connectivity index (χ2v) is 5.86. The van der Waals surface area contributed by atoms with Gasteiger partial charge in [-0.25, -0.2) is 13.4 Å². The number of sulfone groups is 1. The molecule has 6 heteroatoms. The summed E-state index contributed by atoms with van der Waals surface area (Å²) in [5, 5.41) is 0.0304. The minimum atomic E-state index is -3.40. The van der Waals surface area contributed by atoms with Gasteiger partial charge >= 0.3 is 0 Å². The van der Waals surface area contributed by atoms with E-state index >= 15 is 0 Å². The van der Waals surface area contributed by atoms with Gasteiger partial charge in [0.05, 0.1) is 12.0 Å². The van der Waals surface area contributed by atoms with Gasteiger partial charge in [-0.05, 0) is 19.1 Å². The van der Waals surface area contributed by atoms with E-state index in [4.69, 9.17) is 9.47 Å². The monoisotopic (exact) mass is 267 g/mol. The number of hydrogen-bond acceptors (Lipinski definition) is 5. The average molecular weight is 267 g/mol. The minimum Gasteiger partial charge on any atom is -0.497 e. The molecule has 0 radical (unpaired) electrons. The molecule has 0 amide bonds. The van der Waals surface area contributed by atoms with Crippen molar-refractivity contribution in [2.75, 3.05) is 13.7 Å². The van der Waals surface area contributed by atoms with Crippen LogP contribution in [0.1, 0.15) is 6.92 Å². The van der Waals surface area contributed by atoms with E-state index < -0.39 is 9.84 Å². The van der Waals surface area contributed by atoms with Crippen molar-refractivity contribution in [1.82, 2.24) is 0 Å². The summed E-state index contributed by atoms with van der Waals surface area (Å²) in [5.74, 6) is 1.19. The molecule has 0 aromatic heterocycles. The minimum absolute atomic E-state index is 0.0304. The lowest BCUT2D eigenvalue weighted by Gasteiger charge is -2.07. The van der Waals surface area contributed by atoms with Crippen molar-refractivity contribution in [3.63, 3.8) is 0 Å². The zero-order chi connectivity index (χ0) is 13.2. The smallest absolute Gasteiger partial charge is 0.220 e. The largest absolute Gasteiger partial charge is 0.497 e. The van der Waals surface area contributed by atoms with Gasteiger partial charge in [0.2, 0.25) is 9.84 Å². The summed E-state index contributed by atoms with van der Waals surface area (Å²) in [6.45, 7) is 1.43. The summed E-state index contributed by atoms with van der Waals surface area (Å²) >= 11 is 0. The number of ether oxygens (including phenoxy) is 2. The fraction of sp³-hybridized carbons (Fsp3) is 0.250. The first-order valence-corrected chi connectivity index (χ1v) is 6.78. The third kappa shape index (κ3) is 2.38. The molecule has 5 nitrogen and oxygen atoms in total. The third-order valence-electron chi connectivity index (χ3n) is 2.53. The summed E-state index contributed by atoms with van der Waals surface area (Å²) < 4.78 is 33.9. The summed E-state index contributed by atoms with van der Waals surface area (Å²) in [4.78, 5) is 4.08. The van der Waals surface area contributed by atoms with Crippen LogP contribution in [0.4, 0.5) is 0 Å². The van der Waals surface area contributed by atoms with Gasteiger partial charge in [0.1, 0.15) is 18.1 Å². The fourth-order valence-electron chi connectivity index (χ4n) is 1.44. The Balaban J connectivity index is 2.06. The maximum atomic E-state index is 11.7. The third-order valence-corrected chi connectivity index (χ3v) is 4.32. The quantitative estimate of drug-likeness (QED) is 0.833. The first kappa shape index (κ1) is 12.6. The Morgan fingerprint density at radius 1 is 1.28 bits per heavy atom. The molecule has 0 atom stereocenters. The predicted octanol–water partition coefficient (Wildman–Crippen LogP) is 1.76. The second-order valence-electron chi connectivity index (χ2n) is 3.73. The number of methoxy groups -OCH3 is 1. The summed E-state index contributed by atoms with van der Waals surface area (Å²) in [6.07, 6.45) is 1.33. The van der Waals surface area contributed by atoms with E-state index in [1.54, 1.807) is 31.4 Å². The van der Waals surface area contributed by atoms with E-state index in [1.165, 1.54) is 13.1 Å². The topological polar surface area (TPSA) is 65.0 Å². The normalized spacial score (nSPS) is 17.0. The molecule has 0 aliphatic carbocycles. The van der Waals surface area contributed by atoms with Crippen molar-refractivity contribution in [2.24, 2.45) is 4.99 Å². The molecule has 1 aromatic carbocycles. The van der Waals surface area contributed by atoms with Crippen molar-refractivity contribution < 1.29 is 17.9 Å². The highest BCUT2D eigenvalue weighted by Crippen LogP contribution is 2.21. The van der Waals surface area contributed by atoms with Crippen molar-refractivity contribution in [1.29, 1.82) is 0 Å². The Kier molecular flexibility index (Phi) is 3.38. The molecule has 96 valence electrons. The summed E-state index contributed by atoms with van der Waals surface area (Å²) in [5.41, 5.74) is 0. The molecular formula is C12H13NO4S. The molecule has 1 aliphatic heterocycles. The van der Waals surface area contributed by atoms with Crippen LogP contribution in [-0.2, 0) is 9.84 Å². The lowest BCUT2D eigenvalue weighted by molar-refractivity contribution is 0.370. The van der Waals surface area contributed by atoms with Crippen molar-refractivity contribution in [3.8, 4) is 11.5 Å². The van der Waals surface area contributed by atoms with E-state index in [0.717, 1.165) is 0 Å². The Morgan fingerprint density at radius 3 is 2.61 bits per heavy atom. The molecular weight excluding hydrogens is 254 g/mol. The van der Waals surface area contributed by atoms with Crippen LogP contribution in [0, 0.1) is 0 Å². The van der Waals surface area contributed by atoms with E-state index in [0.29, 0.717) is 11.5 Å². The highest BCUT2D eigenvalue weighted by atomic mass is 32.2. The predicted molar refractivity (Wildman–Crippen MR) is 68.6 cm³/mol. The van der Waals surface area contributed by atoms with Gasteiger partial charge in [-0.2, -0.15) is 0 Å². The Morgan fingerprint density at radius 2 is 2.00 bits per heavy atom. The molecule has 0 saturated heterocycles. The highest BCUT2D eigenvalue weighted by Gasteiger charge is 2.26. The number of benzene rings is 1. The van der Waals surface area contributed by atoms with Gasteiger partial charge < -0.3 is 9.47 Å². The number of nitrogens with zero attached hydrogens (tertiary/aromatic N) is 1. The molecule has 2 rings (SSSR count). The molecule has 0 spiro atoms. The van der Waals surface area contributed by atoms with Crippen molar-refractivity contribution in [3.05, 3.63) is 35.4 Å². The van der Waals surface area contributed by atoms with E-state index in [1.807, 2.05) is 0 Å². The van der Waals surface area contributed by atoms with Gasteiger partial charge in [-0.15, -0.1) is 0 Å². The number of aliphatic imine (C=N–C) groups is 1. The lowest BCUT2D eigenvalue weighted by Crippen LogP contribution is -2.19. The first-order valence-electron chi connectivity index (χ1n) is 5.29. The van der Waals surface area contributed by atoms with Crippen LogP contribution in [0.5, 0.6) is 11.5 Å². The maximum Gasteiger partial charge on any atom is 0.220 e. The van der Waals surface area contributed by atoms with Crippen LogP contribution >= 0.6 is 0 Å². The van der Waals surface area contributed by atoms with Gasteiger partial charge in [0, 0.05) is 12.3 Å². The van der Waals surface area contributed by atoms with Gasteiger partial charge in [-0.3, -0.25) is 0 Å². The van der Waals surface area contributed by atoms with Crippen LogP contribution < -0.4 is 9.47 Å². The number of rotatable bonds is 4. The molecule has 0 unspecified atom stereocenters. The molecule has 1 aliphatic rings. The molecule has 0 fully saturated rings. The molecule has 1 aromatic rings. The Labute approximate surface area is 106 Å². The zero-order valence-corrected chi connectivity index (χ0v) is 10.9. The summed E-state index contributed by atoms with van der Waals surface area (Å²) in [6, 6.07) is 6.96. The average Bonchev–Trinajstić information content (AvgIpc) is 2.62. The molecule has 0 N–H and O–H groups in total. The molecule has 0 saturated carbocycles. The van der Waals surface area contributed by atoms with Crippen LogP contribution in [0.3, 0.4) is 0 Å². The number of hydrogen-bond donors (Lipinski definition) is 0. The van der Waals surface area contributed by atoms with Gasteiger partial charge in [0.15, 0.2) is 5.04 Å². The van der Waals surface area contributed by atoms with Gasteiger partial charge in [-0.1, -0.05) is 6.07 Å². The second kappa shape index (κ2) is 4.81. The maximum absolute atomic E-state index is 11.7. The van der Waals surface area contributed by atoms with Crippen LogP contribution in [0.2, 0.25) is 0 Å².